The Labute approximate surface area is 146 Å². The van der Waals surface area contributed by atoms with Gasteiger partial charge < -0.3 is 0 Å². The van der Waals surface area contributed by atoms with Crippen LogP contribution in [0.2, 0.25) is 0 Å². The Balaban J connectivity index is 2.25. The van der Waals surface area contributed by atoms with Gasteiger partial charge in [0.1, 0.15) is 0 Å². The van der Waals surface area contributed by atoms with E-state index in [2.05, 4.69) is 28.0 Å². The highest BCUT2D eigenvalue weighted by atomic mass is 127. The number of nitrogens with one attached hydrogen (secondary N) is 1. The highest BCUT2D eigenvalue weighted by Crippen LogP contribution is 2.26. The molecular weight excluding hydrogens is 405 g/mol. The fourth-order valence-electron chi connectivity index (χ4n) is 2.71. The van der Waals surface area contributed by atoms with Crippen molar-refractivity contribution in [1.82, 2.24) is 9.99 Å². The second-order valence-corrected chi connectivity index (χ2v) is 6.34. The molecule has 1 heterocycles. The largest absolute Gasteiger partial charge is 0.290 e. The minimum absolute atomic E-state index is 0.175. The van der Waals surface area contributed by atoms with Crippen molar-refractivity contribution < 1.29 is 9.59 Å². The Morgan fingerprint density at radius 3 is 2.39 bits per heavy atom. The molecule has 6 heteroatoms. The lowest BCUT2D eigenvalue weighted by molar-refractivity contribution is 0.0954. The molecule has 3 N–H and O–H groups in total. The Bertz CT molecular complexity index is 913. The maximum atomic E-state index is 12.9. The smallest absolute Gasteiger partial charge is 0.267 e. The van der Waals surface area contributed by atoms with Gasteiger partial charge in [0.05, 0.1) is 11.1 Å². The number of hydrogen-bond donors (Lipinski definition) is 2. The number of nitrogens with zero attached hydrogens (tertiary/aromatic N) is 1. The molecule has 2 aromatic carbocycles. The molecule has 0 saturated carbocycles. The number of fused-ring (bicyclic) bond motifs is 1. The molecule has 0 aliphatic rings. The summed E-state index contributed by atoms with van der Waals surface area (Å²) in [6, 6.07) is 14.6. The predicted molar refractivity (Wildman–Crippen MR) is 97.2 cm³/mol. The highest BCUT2D eigenvalue weighted by Gasteiger charge is 2.23. The standard InChI is InChI=1S/C17H14IN3O2/c1-10-15(16(22)20-19)13-4-2-3-5-14(13)21(10)17(23)11-6-8-12(18)9-7-11/h2-9H,19H2,1H3,(H,20,22). The average Bonchev–Trinajstić information content (AvgIpc) is 2.86. The topological polar surface area (TPSA) is 77.1 Å². The van der Waals surface area contributed by atoms with Crippen LogP contribution in [0.5, 0.6) is 0 Å². The number of carbonyl (C=O) groups is 2. The highest BCUT2D eigenvalue weighted by molar-refractivity contribution is 14.1. The molecule has 1 amide bonds. The van der Waals surface area contributed by atoms with Crippen LogP contribution in [0.15, 0.2) is 48.5 Å². The van der Waals surface area contributed by atoms with Crippen LogP contribution in [0.3, 0.4) is 0 Å². The van der Waals surface area contributed by atoms with E-state index in [9.17, 15) is 9.59 Å². The second kappa shape index (κ2) is 6.13. The van der Waals surface area contributed by atoms with Gasteiger partial charge in [0.25, 0.3) is 11.8 Å². The molecule has 0 fully saturated rings. The van der Waals surface area contributed by atoms with Crippen molar-refractivity contribution in [2.24, 2.45) is 5.84 Å². The molecule has 1 aromatic heterocycles. The van der Waals surface area contributed by atoms with Crippen LogP contribution >= 0.6 is 22.6 Å². The molecule has 0 bridgehead atoms. The number of rotatable bonds is 2. The van der Waals surface area contributed by atoms with Crippen LogP contribution in [0.4, 0.5) is 0 Å². The summed E-state index contributed by atoms with van der Waals surface area (Å²) in [6.45, 7) is 1.75. The van der Waals surface area contributed by atoms with Gasteiger partial charge in [0.2, 0.25) is 0 Å². The van der Waals surface area contributed by atoms with E-state index in [1.807, 2.05) is 36.4 Å². The van der Waals surface area contributed by atoms with Crippen molar-refractivity contribution in [3.8, 4) is 0 Å². The molecule has 0 spiro atoms. The molecule has 0 aliphatic heterocycles. The number of hydrazine groups is 1. The Kier molecular flexibility index (Phi) is 4.18. The Morgan fingerprint density at radius 1 is 1.09 bits per heavy atom. The minimum Gasteiger partial charge on any atom is -0.290 e. The molecule has 23 heavy (non-hydrogen) atoms. The van der Waals surface area contributed by atoms with Gasteiger partial charge in [-0.3, -0.25) is 19.6 Å². The Morgan fingerprint density at radius 2 is 1.74 bits per heavy atom. The third-order valence-electron chi connectivity index (χ3n) is 3.76. The number of carbonyl (C=O) groups excluding carboxylic acids is 2. The summed E-state index contributed by atoms with van der Waals surface area (Å²) in [5, 5.41) is 0.701. The molecule has 116 valence electrons. The van der Waals surface area contributed by atoms with E-state index in [1.54, 1.807) is 23.6 Å². The van der Waals surface area contributed by atoms with Crippen LogP contribution in [0.25, 0.3) is 10.9 Å². The van der Waals surface area contributed by atoms with Crippen molar-refractivity contribution in [3.63, 3.8) is 0 Å². The van der Waals surface area contributed by atoms with E-state index in [4.69, 9.17) is 5.84 Å². The molecule has 5 nitrogen and oxygen atoms in total. The van der Waals surface area contributed by atoms with Crippen LogP contribution in [0.1, 0.15) is 26.4 Å². The third-order valence-corrected chi connectivity index (χ3v) is 4.48. The zero-order valence-corrected chi connectivity index (χ0v) is 14.5. The van der Waals surface area contributed by atoms with Crippen molar-refractivity contribution in [3.05, 3.63) is 68.9 Å². The summed E-state index contributed by atoms with van der Waals surface area (Å²) in [4.78, 5) is 25.0. The molecule has 0 atom stereocenters. The fourth-order valence-corrected chi connectivity index (χ4v) is 3.07. The van der Waals surface area contributed by atoms with Crippen molar-refractivity contribution in [1.29, 1.82) is 0 Å². The number of hydrogen-bond acceptors (Lipinski definition) is 3. The van der Waals surface area contributed by atoms with Gasteiger partial charge in [0.15, 0.2) is 0 Å². The van der Waals surface area contributed by atoms with Gasteiger partial charge in [-0.1, -0.05) is 18.2 Å². The van der Waals surface area contributed by atoms with Crippen molar-refractivity contribution >= 4 is 45.3 Å². The zero-order chi connectivity index (χ0) is 16.6. The van der Waals surface area contributed by atoms with Gasteiger partial charge in [-0.25, -0.2) is 5.84 Å². The van der Waals surface area contributed by atoms with E-state index in [1.165, 1.54) is 0 Å². The first-order valence-electron chi connectivity index (χ1n) is 6.96. The van der Waals surface area contributed by atoms with Gasteiger partial charge in [-0.2, -0.15) is 0 Å². The number of halogens is 1. The minimum atomic E-state index is -0.409. The van der Waals surface area contributed by atoms with Crippen LogP contribution in [0, 0.1) is 10.5 Å². The summed E-state index contributed by atoms with van der Waals surface area (Å²) in [7, 11) is 0. The number of nitrogen functional groups attached to an aromatic ring is 1. The lowest BCUT2D eigenvalue weighted by atomic mass is 10.1. The summed E-state index contributed by atoms with van der Waals surface area (Å²) in [5.41, 5.74) is 4.39. The van der Waals surface area contributed by atoms with E-state index in [-0.39, 0.29) is 5.91 Å². The number of benzene rings is 2. The van der Waals surface area contributed by atoms with Gasteiger partial charge in [0, 0.05) is 20.2 Å². The van der Waals surface area contributed by atoms with Gasteiger partial charge in [-0.15, -0.1) is 0 Å². The first kappa shape index (κ1) is 15.7. The average molecular weight is 419 g/mol. The molecule has 0 aliphatic carbocycles. The van der Waals surface area contributed by atoms with Crippen molar-refractivity contribution in [2.45, 2.75) is 6.92 Å². The monoisotopic (exact) mass is 419 g/mol. The molecule has 3 rings (SSSR count). The quantitative estimate of drug-likeness (QED) is 0.290. The maximum absolute atomic E-state index is 12.9. The molecule has 0 unspecified atom stereocenters. The number of para-hydroxylation sites is 1. The van der Waals surface area contributed by atoms with Gasteiger partial charge in [-0.05, 0) is 59.8 Å². The molecule has 3 aromatic rings. The first-order valence-corrected chi connectivity index (χ1v) is 8.03. The summed E-state index contributed by atoms with van der Waals surface area (Å²) < 4.78 is 2.61. The lowest BCUT2D eigenvalue weighted by Crippen LogP contribution is -2.30. The summed E-state index contributed by atoms with van der Waals surface area (Å²) >= 11 is 2.19. The van der Waals surface area contributed by atoms with Crippen LogP contribution in [-0.2, 0) is 0 Å². The van der Waals surface area contributed by atoms with E-state index < -0.39 is 5.91 Å². The zero-order valence-electron chi connectivity index (χ0n) is 12.3. The maximum Gasteiger partial charge on any atom is 0.267 e. The van der Waals surface area contributed by atoms with Crippen LogP contribution in [-0.4, -0.2) is 16.4 Å². The molecule has 0 radical (unpaired) electrons. The summed E-state index contributed by atoms with van der Waals surface area (Å²) in [6.07, 6.45) is 0. The summed E-state index contributed by atoms with van der Waals surface area (Å²) in [5.74, 6) is 4.70. The lowest BCUT2D eigenvalue weighted by Gasteiger charge is -2.07. The predicted octanol–water partition coefficient (Wildman–Crippen LogP) is 2.85. The number of nitrogens with two attached hydrogens (primary N) is 1. The second-order valence-electron chi connectivity index (χ2n) is 5.10. The van der Waals surface area contributed by atoms with Crippen molar-refractivity contribution in [2.75, 3.05) is 0 Å². The number of aromatic nitrogens is 1. The normalized spacial score (nSPS) is 10.7. The van der Waals surface area contributed by atoms with E-state index in [0.717, 1.165) is 3.57 Å². The van der Waals surface area contributed by atoms with Crippen LogP contribution < -0.4 is 11.3 Å². The fraction of sp³-hybridized carbons (Fsp3) is 0.0588. The van der Waals surface area contributed by atoms with Gasteiger partial charge >= 0.3 is 0 Å². The molecule has 0 saturated heterocycles. The number of amides is 1. The van der Waals surface area contributed by atoms with E-state index in [0.29, 0.717) is 27.7 Å². The van der Waals surface area contributed by atoms with E-state index >= 15 is 0 Å². The Hall–Kier alpha value is -2.19. The molecular formula is C17H14IN3O2. The SMILES string of the molecule is Cc1c(C(=O)NN)c2ccccc2n1C(=O)c1ccc(I)cc1. The third kappa shape index (κ3) is 2.64. The first-order chi connectivity index (χ1) is 11.0.